The Labute approximate surface area is 143 Å². The van der Waals surface area contributed by atoms with Crippen molar-refractivity contribution in [1.82, 2.24) is 14.9 Å². The second-order valence-electron chi connectivity index (χ2n) is 5.44. The number of halogens is 2. The van der Waals surface area contributed by atoms with Crippen LogP contribution in [0.25, 0.3) is 11.0 Å². The molecule has 1 N–H and O–H groups in total. The van der Waals surface area contributed by atoms with Gasteiger partial charge in [0.05, 0.1) is 17.4 Å². The monoisotopic (exact) mass is 345 g/mol. The SMILES string of the molecule is O=C(NCCCn1cnc2ccccc21)c1ccc(OC(F)F)cc1. The smallest absolute Gasteiger partial charge is 0.387 e. The first-order chi connectivity index (χ1) is 12.1. The van der Waals surface area contributed by atoms with Gasteiger partial charge >= 0.3 is 6.61 Å². The second kappa shape index (κ2) is 7.74. The first kappa shape index (κ1) is 16.9. The average molecular weight is 345 g/mol. The second-order valence-corrected chi connectivity index (χ2v) is 5.44. The molecule has 5 nitrogen and oxygen atoms in total. The van der Waals surface area contributed by atoms with Crippen molar-refractivity contribution in [1.29, 1.82) is 0 Å². The van der Waals surface area contributed by atoms with Gasteiger partial charge in [-0.1, -0.05) is 12.1 Å². The Morgan fingerprint density at radius 1 is 1.16 bits per heavy atom. The molecule has 130 valence electrons. The minimum absolute atomic E-state index is 0.0264. The highest BCUT2D eigenvalue weighted by Crippen LogP contribution is 2.15. The van der Waals surface area contributed by atoms with Gasteiger partial charge in [-0.05, 0) is 42.8 Å². The number of carbonyl (C=O) groups excluding carboxylic acids is 1. The molecule has 0 saturated heterocycles. The maximum atomic E-state index is 12.1. The molecule has 0 bridgehead atoms. The number of rotatable bonds is 7. The van der Waals surface area contributed by atoms with Gasteiger partial charge in [-0.2, -0.15) is 8.78 Å². The molecule has 0 radical (unpaired) electrons. The van der Waals surface area contributed by atoms with Crippen LogP contribution in [-0.2, 0) is 6.54 Å². The third-order valence-corrected chi connectivity index (χ3v) is 3.73. The van der Waals surface area contributed by atoms with Crippen molar-refractivity contribution < 1.29 is 18.3 Å². The lowest BCUT2D eigenvalue weighted by Crippen LogP contribution is -2.25. The maximum Gasteiger partial charge on any atom is 0.387 e. The van der Waals surface area contributed by atoms with Crippen molar-refractivity contribution in [2.45, 2.75) is 19.6 Å². The Morgan fingerprint density at radius 3 is 2.68 bits per heavy atom. The number of amides is 1. The molecule has 0 aliphatic carbocycles. The van der Waals surface area contributed by atoms with E-state index in [0.717, 1.165) is 24.0 Å². The Morgan fingerprint density at radius 2 is 1.92 bits per heavy atom. The Kier molecular flexibility index (Phi) is 5.23. The molecule has 1 heterocycles. The third kappa shape index (κ3) is 4.32. The molecule has 0 atom stereocenters. The normalized spacial score (nSPS) is 11.0. The maximum absolute atomic E-state index is 12.1. The van der Waals surface area contributed by atoms with Gasteiger partial charge in [-0.25, -0.2) is 4.98 Å². The lowest BCUT2D eigenvalue weighted by molar-refractivity contribution is -0.0498. The summed E-state index contributed by atoms with van der Waals surface area (Å²) in [5.41, 5.74) is 2.40. The molecule has 0 spiro atoms. The van der Waals surface area contributed by atoms with Crippen molar-refractivity contribution in [2.75, 3.05) is 6.54 Å². The molecule has 1 aromatic heterocycles. The van der Waals surface area contributed by atoms with E-state index in [9.17, 15) is 13.6 Å². The predicted molar refractivity (Wildman–Crippen MR) is 89.8 cm³/mol. The number of ether oxygens (including phenoxy) is 1. The number of aryl methyl sites for hydroxylation is 1. The number of hydrogen-bond acceptors (Lipinski definition) is 3. The topological polar surface area (TPSA) is 56.2 Å². The number of benzene rings is 2. The summed E-state index contributed by atoms with van der Waals surface area (Å²) in [5, 5.41) is 2.81. The summed E-state index contributed by atoms with van der Waals surface area (Å²) in [5.74, 6) is -0.224. The van der Waals surface area contributed by atoms with E-state index in [1.807, 2.05) is 28.8 Å². The molecule has 7 heteroatoms. The quantitative estimate of drug-likeness (QED) is 0.667. The summed E-state index contributed by atoms with van der Waals surface area (Å²) >= 11 is 0. The largest absolute Gasteiger partial charge is 0.435 e. The fourth-order valence-corrected chi connectivity index (χ4v) is 2.53. The minimum atomic E-state index is -2.88. The molecule has 0 unspecified atom stereocenters. The van der Waals surface area contributed by atoms with E-state index in [1.54, 1.807) is 6.33 Å². The van der Waals surface area contributed by atoms with Gasteiger partial charge in [0.1, 0.15) is 5.75 Å². The lowest BCUT2D eigenvalue weighted by atomic mass is 10.2. The molecule has 2 aromatic carbocycles. The van der Waals surface area contributed by atoms with Gasteiger partial charge < -0.3 is 14.6 Å². The van der Waals surface area contributed by atoms with Crippen LogP contribution >= 0.6 is 0 Å². The highest BCUT2D eigenvalue weighted by atomic mass is 19.3. The fourth-order valence-electron chi connectivity index (χ4n) is 2.53. The van der Waals surface area contributed by atoms with Crippen molar-refractivity contribution in [2.24, 2.45) is 0 Å². The minimum Gasteiger partial charge on any atom is -0.435 e. The van der Waals surface area contributed by atoms with Crippen LogP contribution in [0.1, 0.15) is 16.8 Å². The van der Waals surface area contributed by atoms with Gasteiger partial charge in [0.2, 0.25) is 0 Å². The van der Waals surface area contributed by atoms with Crippen molar-refractivity contribution >= 4 is 16.9 Å². The van der Waals surface area contributed by atoms with Crippen LogP contribution in [-0.4, -0.2) is 28.6 Å². The first-order valence-corrected chi connectivity index (χ1v) is 7.86. The highest BCUT2D eigenvalue weighted by molar-refractivity contribution is 5.94. The molecule has 3 aromatic rings. The van der Waals surface area contributed by atoms with Crippen LogP contribution < -0.4 is 10.1 Å². The van der Waals surface area contributed by atoms with Crippen LogP contribution in [0.15, 0.2) is 54.9 Å². The summed E-state index contributed by atoms with van der Waals surface area (Å²) in [6.07, 6.45) is 2.53. The molecule has 0 fully saturated rings. The fraction of sp³-hybridized carbons (Fsp3) is 0.222. The van der Waals surface area contributed by atoms with E-state index in [0.29, 0.717) is 12.1 Å². The van der Waals surface area contributed by atoms with Gasteiger partial charge in [-0.15, -0.1) is 0 Å². The average Bonchev–Trinajstić information content (AvgIpc) is 3.02. The molecule has 0 aliphatic heterocycles. The predicted octanol–water partition coefficient (Wildman–Crippen LogP) is 3.46. The number of alkyl halides is 2. The molecule has 3 rings (SSSR count). The number of carbonyl (C=O) groups is 1. The summed E-state index contributed by atoms with van der Waals surface area (Å²) in [6, 6.07) is 13.5. The standard InChI is InChI=1S/C18H17F2N3O2/c19-18(20)25-14-8-6-13(7-9-14)17(24)21-10-3-11-23-12-22-15-4-1-2-5-16(15)23/h1-2,4-9,12,18H,3,10-11H2,(H,21,24). The zero-order chi connectivity index (χ0) is 17.6. The van der Waals surface area contributed by atoms with E-state index in [2.05, 4.69) is 15.0 Å². The Bertz CT molecular complexity index is 847. The first-order valence-electron chi connectivity index (χ1n) is 7.86. The van der Waals surface area contributed by atoms with Crippen LogP contribution in [0.4, 0.5) is 8.78 Å². The number of nitrogens with zero attached hydrogens (tertiary/aromatic N) is 2. The zero-order valence-corrected chi connectivity index (χ0v) is 13.4. The Balaban J connectivity index is 1.48. The molecule has 25 heavy (non-hydrogen) atoms. The summed E-state index contributed by atoms with van der Waals surface area (Å²) in [4.78, 5) is 16.4. The summed E-state index contributed by atoms with van der Waals surface area (Å²) in [6.45, 7) is -1.64. The highest BCUT2D eigenvalue weighted by Gasteiger charge is 2.08. The van der Waals surface area contributed by atoms with E-state index in [1.165, 1.54) is 24.3 Å². The molecular weight excluding hydrogens is 328 g/mol. The number of para-hydroxylation sites is 2. The number of imidazole rings is 1. The lowest BCUT2D eigenvalue weighted by Gasteiger charge is -2.08. The third-order valence-electron chi connectivity index (χ3n) is 3.73. The van der Waals surface area contributed by atoms with Gasteiger partial charge in [0.15, 0.2) is 0 Å². The van der Waals surface area contributed by atoms with Crippen LogP contribution in [0.5, 0.6) is 5.75 Å². The molecule has 1 amide bonds. The van der Waals surface area contributed by atoms with E-state index in [-0.39, 0.29) is 11.7 Å². The Hall–Kier alpha value is -2.96. The van der Waals surface area contributed by atoms with Gasteiger partial charge in [-0.3, -0.25) is 4.79 Å². The van der Waals surface area contributed by atoms with E-state index >= 15 is 0 Å². The van der Waals surface area contributed by atoms with E-state index < -0.39 is 6.61 Å². The van der Waals surface area contributed by atoms with Gasteiger partial charge in [0.25, 0.3) is 5.91 Å². The number of hydrogen-bond donors (Lipinski definition) is 1. The van der Waals surface area contributed by atoms with Gasteiger partial charge in [0, 0.05) is 18.7 Å². The number of fused-ring (bicyclic) bond motifs is 1. The molecule has 0 aliphatic rings. The molecular formula is C18H17F2N3O2. The van der Waals surface area contributed by atoms with Crippen LogP contribution in [0.3, 0.4) is 0 Å². The zero-order valence-electron chi connectivity index (χ0n) is 13.4. The number of nitrogens with one attached hydrogen (secondary N) is 1. The summed E-state index contributed by atoms with van der Waals surface area (Å²) < 4.78 is 30.5. The van der Waals surface area contributed by atoms with Crippen LogP contribution in [0.2, 0.25) is 0 Å². The van der Waals surface area contributed by atoms with Crippen molar-refractivity contribution in [3.05, 3.63) is 60.4 Å². The van der Waals surface area contributed by atoms with Crippen molar-refractivity contribution in [3.8, 4) is 5.75 Å². The summed E-state index contributed by atoms with van der Waals surface area (Å²) in [7, 11) is 0. The van der Waals surface area contributed by atoms with Crippen molar-refractivity contribution in [3.63, 3.8) is 0 Å². The molecule has 0 saturated carbocycles. The van der Waals surface area contributed by atoms with E-state index in [4.69, 9.17) is 0 Å². The van der Waals surface area contributed by atoms with Crippen LogP contribution in [0, 0.1) is 0 Å². The number of aromatic nitrogens is 2.